The molecule has 2 bridgehead atoms. The Morgan fingerprint density at radius 2 is 1.93 bits per heavy atom. The summed E-state index contributed by atoms with van der Waals surface area (Å²) in [5.74, 6) is -4.81. The molecule has 0 aromatic carbocycles. The molecular weight excluding hydrogens is 416 g/mol. The van der Waals surface area contributed by atoms with Gasteiger partial charge in [-0.25, -0.2) is 0 Å². The molecule has 2 aliphatic carbocycles. The number of ether oxygens (including phenoxy) is 2. The molecule has 3 rings (SSSR count). The van der Waals surface area contributed by atoms with E-state index >= 15 is 0 Å². The molecular formula is C17H23F2NO8S. The third kappa shape index (κ3) is 3.39. The number of hydrogen-bond acceptors (Lipinski definition) is 7. The highest BCUT2D eigenvalue weighted by molar-refractivity contribution is 7.86. The first kappa shape index (κ1) is 21.9. The van der Waals surface area contributed by atoms with E-state index in [2.05, 4.69) is 4.74 Å². The van der Waals surface area contributed by atoms with Crippen molar-refractivity contribution in [2.75, 3.05) is 6.61 Å². The molecule has 12 heteroatoms. The number of nitrogens with zero attached hydrogens (tertiary/aromatic N) is 1. The fraction of sp³-hybridized carbons (Fsp3) is 0.824. The lowest BCUT2D eigenvalue weighted by Gasteiger charge is -2.35. The van der Waals surface area contributed by atoms with E-state index in [9.17, 15) is 31.6 Å². The molecule has 0 spiro atoms. The van der Waals surface area contributed by atoms with Gasteiger partial charge < -0.3 is 14.4 Å². The molecule has 29 heavy (non-hydrogen) atoms. The summed E-state index contributed by atoms with van der Waals surface area (Å²) in [5, 5.41) is -4.67. The van der Waals surface area contributed by atoms with Crippen LogP contribution in [0.2, 0.25) is 0 Å². The van der Waals surface area contributed by atoms with Crippen LogP contribution in [0.25, 0.3) is 0 Å². The second-order valence-electron chi connectivity index (χ2n) is 7.97. The van der Waals surface area contributed by atoms with Crippen molar-refractivity contribution in [3.8, 4) is 0 Å². The Bertz CT molecular complexity index is 829. The number of fused-ring (bicyclic) bond motifs is 1. The first-order valence-electron chi connectivity index (χ1n) is 9.35. The average Bonchev–Trinajstić information content (AvgIpc) is 3.21. The van der Waals surface area contributed by atoms with Gasteiger partial charge in [0.1, 0.15) is 6.10 Å². The number of hydrogen-bond donors (Lipinski definition) is 1. The number of rotatable bonds is 7. The zero-order chi connectivity index (χ0) is 21.9. The van der Waals surface area contributed by atoms with Crippen molar-refractivity contribution in [3.05, 3.63) is 0 Å². The Morgan fingerprint density at radius 3 is 2.45 bits per heavy atom. The Labute approximate surface area is 166 Å². The van der Waals surface area contributed by atoms with Crippen LogP contribution in [0.5, 0.6) is 0 Å². The SMILES string of the molecule is CCC(=O)OC1C2CC3C(C(=O)N(C(C)C)C31)C2C(=O)OCC(F)(F)S(=O)(=O)O. The molecule has 2 saturated carbocycles. The van der Waals surface area contributed by atoms with Crippen molar-refractivity contribution in [1.29, 1.82) is 0 Å². The Morgan fingerprint density at radius 1 is 1.31 bits per heavy atom. The zero-order valence-electron chi connectivity index (χ0n) is 16.1. The van der Waals surface area contributed by atoms with Crippen LogP contribution in [-0.4, -0.2) is 65.8 Å². The molecule has 0 aromatic heterocycles. The van der Waals surface area contributed by atoms with E-state index in [0.29, 0.717) is 6.42 Å². The van der Waals surface area contributed by atoms with Crippen LogP contribution in [0.1, 0.15) is 33.6 Å². The first-order valence-corrected chi connectivity index (χ1v) is 10.8. The molecule has 0 radical (unpaired) electrons. The standard InChI is InChI=1S/C17H23F2NO8S/c1-4-10(21)28-14-9-5-8-11(15(22)20(7(2)3)13(8)14)12(9)16(23)27-6-17(18,19)29(24,25)26/h7-9,11-14H,4-6H2,1-3H3,(H,24,25,26). The van der Waals surface area contributed by atoms with E-state index in [-0.39, 0.29) is 24.3 Å². The second kappa shape index (κ2) is 7.15. The molecule has 1 aliphatic heterocycles. The number of likely N-dealkylation sites (tertiary alicyclic amines) is 1. The largest absolute Gasteiger partial charge is 0.460 e. The van der Waals surface area contributed by atoms with Gasteiger partial charge in [-0.2, -0.15) is 17.2 Å². The molecule has 3 fully saturated rings. The average molecular weight is 439 g/mol. The second-order valence-corrected chi connectivity index (χ2v) is 9.52. The summed E-state index contributed by atoms with van der Waals surface area (Å²) >= 11 is 0. The number of carbonyl (C=O) groups excluding carboxylic acids is 3. The van der Waals surface area contributed by atoms with Gasteiger partial charge in [0.15, 0.2) is 6.61 Å². The van der Waals surface area contributed by atoms with Crippen LogP contribution >= 0.6 is 0 Å². The number of esters is 2. The Hall–Kier alpha value is -1.82. The highest BCUT2D eigenvalue weighted by Gasteiger charge is 2.71. The van der Waals surface area contributed by atoms with E-state index in [0.717, 1.165) is 0 Å². The summed E-state index contributed by atoms with van der Waals surface area (Å²) < 4.78 is 66.9. The molecule has 3 aliphatic rings. The molecule has 0 aromatic rings. The number of amides is 1. The number of carbonyl (C=O) groups is 3. The summed E-state index contributed by atoms with van der Waals surface area (Å²) in [6, 6.07) is -0.614. The molecule has 6 unspecified atom stereocenters. The van der Waals surface area contributed by atoms with Crippen molar-refractivity contribution < 1.29 is 45.6 Å². The topological polar surface area (TPSA) is 127 Å². The lowest BCUT2D eigenvalue weighted by atomic mass is 9.78. The summed E-state index contributed by atoms with van der Waals surface area (Å²) in [6.07, 6.45) is -0.285. The Kier molecular flexibility index (Phi) is 5.39. The molecule has 1 N–H and O–H groups in total. The summed E-state index contributed by atoms with van der Waals surface area (Å²) in [6.45, 7) is 3.31. The third-order valence-corrected chi connectivity index (χ3v) is 6.93. The van der Waals surface area contributed by atoms with E-state index in [1.165, 1.54) is 0 Å². The van der Waals surface area contributed by atoms with Gasteiger partial charge in [0.05, 0.1) is 17.9 Å². The summed E-state index contributed by atoms with van der Waals surface area (Å²) in [5.41, 5.74) is 0. The smallest absolute Gasteiger partial charge is 0.402 e. The fourth-order valence-electron chi connectivity index (χ4n) is 4.99. The van der Waals surface area contributed by atoms with Crippen LogP contribution in [0, 0.1) is 23.7 Å². The normalized spacial score (nSPS) is 33.5. The lowest BCUT2D eigenvalue weighted by Crippen LogP contribution is -2.48. The van der Waals surface area contributed by atoms with Crippen molar-refractivity contribution in [3.63, 3.8) is 0 Å². The van der Waals surface area contributed by atoms with Crippen LogP contribution in [-0.2, 0) is 34.0 Å². The predicted molar refractivity (Wildman–Crippen MR) is 92.0 cm³/mol. The molecule has 6 atom stereocenters. The highest BCUT2D eigenvalue weighted by Crippen LogP contribution is 2.60. The molecule has 164 valence electrons. The lowest BCUT2D eigenvalue weighted by molar-refractivity contribution is -0.166. The quantitative estimate of drug-likeness (QED) is 0.457. The van der Waals surface area contributed by atoms with Crippen molar-refractivity contribution >= 4 is 28.0 Å². The van der Waals surface area contributed by atoms with Gasteiger partial charge >= 0.3 is 27.3 Å². The van der Waals surface area contributed by atoms with E-state index in [1.54, 1.807) is 25.7 Å². The van der Waals surface area contributed by atoms with E-state index in [4.69, 9.17) is 9.29 Å². The maximum Gasteiger partial charge on any atom is 0.402 e. The minimum Gasteiger partial charge on any atom is -0.460 e. The molecule has 1 heterocycles. The monoisotopic (exact) mass is 439 g/mol. The van der Waals surface area contributed by atoms with Crippen molar-refractivity contribution in [2.24, 2.45) is 23.7 Å². The minimum atomic E-state index is -5.76. The van der Waals surface area contributed by atoms with Crippen molar-refractivity contribution in [2.45, 2.75) is 57.1 Å². The molecule has 1 amide bonds. The minimum absolute atomic E-state index is 0.0926. The maximum atomic E-state index is 13.4. The predicted octanol–water partition coefficient (Wildman–Crippen LogP) is 0.833. The van der Waals surface area contributed by atoms with Gasteiger partial charge in [0, 0.05) is 18.4 Å². The van der Waals surface area contributed by atoms with E-state index in [1.807, 2.05) is 0 Å². The van der Waals surface area contributed by atoms with Gasteiger partial charge in [0.2, 0.25) is 5.91 Å². The van der Waals surface area contributed by atoms with Crippen LogP contribution < -0.4 is 0 Å². The molecule has 9 nitrogen and oxygen atoms in total. The van der Waals surface area contributed by atoms with Gasteiger partial charge in [-0.1, -0.05) is 6.92 Å². The van der Waals surface area contributed by atoms with E-state index < -0.39 is 63.8 Å². The fourth-order valence-corrected chi connectivity index (χ4v) is 5.19. The number of alkyl halides is 2. The summed E-state index contributed by atoms with van der Waals surface area (Å²) in [7, 11) is -5.76. The molecule has 1 saturated heterocycles. The highest BCUT2D eigenvalue weighted by atomic mass is 32.2. The van der Waals surface area contributed by atoms with Crippen LogP contribution in [0.4, 0.5) is 8.78 Å². The van der Waals surface area contributed by atoms with Gasteiger partial charge in [-0.3, -0.25) is 18.9 Å². The van der Waals surface area contributed by atoms with Crippen molar-refractivity contribution in [1.82, 2.24) is 4.90 Å². The van der Waals surface area contributed by atoms with Crippen LogP contribution in [0.3, 0.4) is 0 Å². The Balaban J connectivity index is 1.86. The summed E-state index contributed by atoms with van der Waals surface area (Å²) in [4.78, 5) is 39.0. The third-order valence-electron chi connectivity index (χ3n) is 6.06. The number of halogens is 2. The van der Waals surface area contributed by atoms with Gasteiger partial charge in [0.25, 0.3) is 0 Å². The zero-order valence-corrected chi connectivity index (χ0v) is 16.9. The first-order chi connectivity index (χ1) is 13.3. The van der Waals surface area contributed by atoms with Crippen LogP contribution in [0.15, 0.2) is 0 Å². The maximum absolute atomic E-state index is 13.4. The van der Waals surface area contributed by atoms with Gasteiger partial charge in [-0.05, 0) is 26.2 Å². The van der Waals surface area contributed by atoms with Gasteiger partial charge in [-0.15, -0.1) is 0 Å².